The second-order valence-corrected chi connectivity index (χ2v) is 17.9. The zero-order valence-electron chi connectivity index (χ0n) is 27.8. The standard InChI is InChI=1S/C21H37.C13H22OSi.CH2.2ClH.Ti/c1-5-9-13-18-17-19(14-10-6-2)21(16-12-8-4)20(18)15-11-7-3;1-10-7-11(14)9-12(8-10)15(5,6)13(2,3)4;;;;/h18H,5-16H2,1-4H3;7-9,14H,1-6H3;1H2;2*1H;/q-1;;;;;+1. The molecule has 1 aromatic rings. The molecule has 0 fully saturated rings. The molecule has 40 heavy (non-hydrogen) atoms. The predicted octanol–water partition coefficient (Wildman–Crippen LogP) is 11.6. The average molecular weight is 647 g/mol. The number of hydrogen-bond donors (Lipinski definition) is 1. The third-order valence-corrected chi connectivity index (χ3v) is 13.9. The van der Waals surface area contributed by atoms with E-state index in [9.17, 15) is 5.11 Å². The molecule has 0 aromatic heterocycles. The van der Waals surface area contributed by atoms with Crippen LogP contribution in [0.1, 0.15) is 131 Å². The van der Waals surface area contributed by atoms with Gasteiger partial charge in [-0.25, -0.2) is 5.57 Å². The van der Waals surface area contributed by atoms with Crippen LogP contribution in [0, 0.1) is 18.9 Å². The summed E-state index contributed by atoms with van der Waals surface area (Å²) < 4.78 is 0. The third-order valence-electron chi connectivity index (χ3n) is 8.39. The Morgan fingerprint density at radius 2 is 1.32 bits per heavy atom. The van der Waals surface area contributed by atoms with E-state index in [1.165, 1.54) is 82.2 Å². The van der Waals surface area contributed by atoms with Crippen LogP contribution in [0.2, 0.25) is 18.1 Å². The first-order valence-corrected chi connectivity index (χ1v) is 19.5. The molecular formula is C35H63Cl2OSiTi. The molecule has 1 aliphatic rings. The molecule has 0 saturated carbocycles. The Hall–Kier alpha value is -0.119. The summed E-state index contributed by atoms with van der Waals surface area (Å²) in [6.07, 6.45) is 19.8. The van der Waals surface area contributed by atoms with E-state index < -0.39 is 8.07 Å². The molecule has 2 rings (SSSR count). The molecule has 5 heteroatoms. The molecule has 1 nitrogen and oxygen atoms in total. The quantitative estimate of drug-likeness (QED) is 0.167. The number of hydrogen-bond acceptors (Lipinski definition) is 1. The molecule has 0 heterocycles. The van der Waals surface area contributed by atoms with Crippen molar-refractivity contribution >= 4 is 42.9 Å². The van der Waals surface area contributed by atoms with E-state index >= 15 is 0 Å². The summed E-state index contributed by atoms with van der Waals surface area (Å²) in [5.41, 5.74) is 6.28. The molecule has 0 spiro atoms. The van der Waals surface area contributed by atoms with Gasteiger partial charge in [-0.15, -0.1) is 24.8 Å². The van der Waals surface area contributed by atoms with Crippen LogP contribution in [0.15, 0.2) is 34.9 Å². The molecule has 0 bridgehead atoms. The number of phenolic OH excluding ortho intramolecular Hbond substituents is 1. The van der Waals surface area contributed by atoms with Crippen LogP contribution in [-0.2, 0) is 20.0 Å². The van der Waals surface area contributed by atoms with Gasteiger partial charge in [-0.3, -0.25) is 6.08 Å². The molecule has 0 aliphatic heterocycles. The number of halogens is 2. The van der Waals surface area contributed by atoms with Crippen molar-refractivity contribution in [2.45, 2.75) is 151 Å². The molecule has 0 amide bonds. The van der Waals surface area contributed by atoms with Crippen LogP contribution in [0.25, 0.3) is 0 Å². The van der Waals surface area contributed by atoms with Crippen LogP contribution in [0.5, 0.6) is 5.75 Å². The van der Waals surface area contributed by atoms with Gasteiger partial charge in [-0.2, -0.15) is 11.1 Å². The zero-order chi connectivity index (χ0) is 29.4. The Morgan fingerprint density at radius 3 is 1.80 bits per heavy atom. The number of benzene rings is 1. The zero-order valence-corrected chi connectivity index (χ0v) is 32.0. The van der Waals surface area contributed by atoms with Gasteiger partial charge in [0.25, 0.3) is 0 Å². The maximum atomic E-state index is 9.65. The second-order valence-electron chi connectivity index (χ2n) is 12.6. The molecular weight excluding hydrogens is 583 g/mol. The fraction of sp³-hybridized carbons (Fsp3) is 0.686. The first kappa shape index (κ1) is 44.3. The second kappa shape index (κ2) is 23.4. The Labute approximate surface area is 275 Å². The van der Waals surface area contributed by atoms with E-state index in [-0.39, 0.29) is 24.8 Å². The SMILES string of the molecule is CCCCC1=[C-]C(CCCC)C(CCCC)=C1CCCC.Cc1cc(O)cc([Si](C)(C)C(C)(C)C)c1.Cl.Cl.[CH2]=[Ti+]. The van der Waals surface area contributed by atoms with E-state index in [0.29, 0.717) is 16.7 Å². The Bertz CT molecular complexity index is 850. The molecule has 1 aliphatic carbocycles. The summed E-state index contributed by atoms with van der Waals surface area (Å²) >= 11 is 1.75. The molecule has 0 saturated heterocycles. The van der Waals surface area contributed by atoms with Gasteiger partial charge in [0.15, 0.2) is 0 Å². The number of aryl methyl sites for hydroxylation is 1. The van der Waals surface area contributed by atoms with E-state index in [4.69, 9.17) is 0 Å². The van der Waals surface area contributed by atoms with Crippen LogP contribution in [0.3, 0.4) is 0 Å². The number of aromatic hydroxyl groups is 1. The van der Waals surface area contributed by atoms with E-state index in [1.807, 2.05) is 19.1 Å². The van der Waals surface area contributed by atoms with Crippen molar-refractivity contribution in [2.75, 3.05) is 0 Å². The van der Waals surface area contributed by atoms with Crippen LogP contribution >= 0.6 is 24.8 Å². The number of phenols is 1. The summed E-state index contributed by atoms with van der Waals surface area (Å²) in [6.45, 7) is 22.9. The molecule has 231 valence electrons. The topological polar surface area (TPSA) is 20.2 Å². The van der Waals surface area contributed by atoms with Crippen molar-refractivity contribution in [1.82, 2.24) is 0 Å². The summed E-state index contributed by atoms with van der Waals surface area (Å²) in [7, 11) is -1.50. The number of rotatable bonds is 13. The van der Waals surface area contributed by atoms with Crippen molar-refractivity contribution in [3.8, 4) is 5.75 Å². The van der Waals surface area contributed by atoms with Crippen molar-refractivity contribution in [1.29, 1.82) is 0 Å². The van der Waals surface area contributed by atoms with Crippen molar-refractivity contribution in [2.24, 2.45) is 5.92 Å². The first-order chi connectivity index (χ1) is 17.9. The van der Waals surface area contributed by atoms with Gasteiger partial charge in [-0.1, -0.05) is 149 Å². The van der Waals surface area contributed by atoms with Crippen LogP contribution in [-0.4, -0.2) is 18.0 Å². The fourth-order valence-corrected chi connectivity index (χ4v) is 6.90. The maximum absolute atomic E-state index is 9.65. The Morgan fingerprint density at radius 1 is 0.825 bits per heavy atom. The molecule has 1 atom stereocenters. The molecule has 1 aromatic carbocycles. The predicted molar refractivity (Wildman–Crippen MR) is 187 cm³/mol. The molecule has 0 radical (unpaired) electrons. The van der Waals surface area contributed by atoms with Gasteiger partial charge in [0.2, 0.25) is 0 Å². The summed E-state index contributed by atoms with van der Waals surface area (Å²) in [5.74, 6) is 1.06. The molecule has 1 N–H and O–H groups in total. The average Bonchev–Trinajstić information content (AvgIpc) is 3.19. The Balaban J connectivity index is -0.000000641. The van der Waals surface area contributed by atoms with Crippen LogP contribution < -0.4 is 5.19 Å². The van der Waals surface area contributed by atoms with Gasteiger partial charge < -0.3 is 5.11 Å². The first-order valence-electron chi connectivity index (χ1n) is 15.4. The normalized spacial score (nSPS) is 14.7. The van der Waals surface area contributed by atoms with E-state index in [0.717, 1.165) is 5.56 Å². The van der Waals surface area contributed by atoms with Gasteiger partial charge >= 0.3 is 24.8 Å². The van der Waals surface area contributed by atoms with Gasteiger partial charge in [0.1, 0.15) is 5.75 Å². The third kappa shape index (κ3) is 14.9. The van der Waals surface area contributed by atoms with Crippen molar-refractivity contribution in [3.05, 3.63) is 46.6 Å². The van der Waals surface area contributed by atoms with Crippen LogP contribution in [0.4, 0.5) is 0 Å². The summed E-state index contributed by atoms with van der Waals surface area (Å²) in [5, 5.41) is 11.3. The summed E-state index contributed by atoms with van der Waals surface area (Å²) in [6, 6.07) is 5.97. The van der Waals surface area contributed by atoms with Crippen molar-refractivity contribution in [3.63, 3.8) is 0 Å². The van der Waals surface area contributed by atoms with Gasteiger partial charge in [-0.05, 0) is 36.1 Å². The number of allylic oxidation sites excluding steroid dienone is 4. The van der Waals surface area contributed by atoms with Crippen molar-refractivity contribution < 1.29 is 25.1 Å². The molecule has 1 unspecified atom stereocenters. The monoisotopic (exact) mass is 645 g/mol. The van der Waals surface area contributed by atoms with Gasteiger partial charge in [0, 0.05) is 0 Å². The van der Waals surface area contributed by atoms with E-state index in [2.05, 4.69) is 78.5 Å². The Kier molecular flexibility index (Phi) is 25.9. The minimum absolute atomic E-state index is 0. The summed E-state index contributed by atoms with van der Waals surface area (Å²) in [4.78, 5) is 3.25. The number of unbranched alkanes of at least 4 members (excludes halogenated alkanes) is 4. The van der Waals surface area contributed by atoms with Gasteiger partial charge in [0.05, 0.1) is 8.07 Å². The van der Waals surface area contributed by atoms with E-state index in [1.54, 1.807) is 36.7 Å². The minimum atomic E-state index is -1.50. The fourth-order valence-electron chi connectivity index (χ4n) is 4.93.